The van der Waals surface area contributed by atoms with Gasteiger partial charge in [0.2, 0.25) is 5.78 Å². The molecule has 3 aromatic rings. The Morgan fingerprint density at radius 3 is 2.25 bits per heavy atom. The van der Waals surface area contributed by atoms with Crippen molar-refractivity contribution in [2.75, 3.05) is 28.2 Å². The smallest absolute Gasteiger partial charge is 0.202 e. The van der Waals surface area contributed by atoms with Crippen LogP contribution < -0.4 is 5.43 Å². The monoisotopic (exact) mass is 716 g/mol. The minimum atomic E-state index is -0.847. The first kappa shape index (κ1) is 38.0. The molecule has 3 aliphatic rings. The Labute approximate surface area is 304 Å². The quantitative estimate of drug-likeness (QED) is 0.213. The van der Waals surface area contributed by atoms with Gasteiger partial charge < -0.3 is 39.0 Å². The van der Waals surface area contributed by atoms with E-state index in [1.807, 2.05) is 70.9 Å². The average Bonchev–Trinajstić information content (AvgIpc) is 3.08. The lowest BCUT2D eigenvalue weighted by Gasteiger charge is -2.49. The lowest BCUT2D eigenvalue weighted by molar-refractivity contribution is -0.176. The Morgan fingerprint density at radius 2 is 1.62 bits per heavy atom. The highest BCUT2D eigenvalue weighted by Gasteiger charge is 2.49. The predicted octanol–water partition coefficient (Wildman–Crippen LogP) is 5.32. The van der Waals surface area contributed by atoms with Crippen LogP contribution in [0.5, 0.6) is 5.75 Å². The van der Waals surface area contributed by atoms with Gasteiger partial charge in [0.25, 0.3) is 0 Å². The van der Waals surface area contributed by atoms with E-state index in [-0.39, 0.29) is 62.6 Å². The molecule has 0 amide bonds. The molecule has 11 heteroatoms. The van der Waals surface area contributed by atoms with Crippen molar-refractivity contribution in [1.82, 2.24) is 9.80 Å². The van der Waals surface area contributed by atoms with Gasteiger partial charge in [-0.1, -0.05) is 19.1 Å². The fourth-order valence-electron chi connectivity index (χ4n) is 8.38. The fourth-order valence-corrected chi connectivity index (χ4v) is 8.38. The third-order valence-corrected chi connectivity index (χ3v) is 11.9. The highest BCUT2D eigenvalue weighted by atomic mass is 16.5. The van der Waals surface area contributed by atoms with Crippen LogP contribution in [0.4, 0.5) is 0 Å². The number of hydrogen-bond donors (Lipinski definition) is 3. The number of aliphatic hydroxyl groups is 2. The van der Waals surface area contributed by atoms with E-state index >= 15 is 4.79 Å². The lowest BCUT2D eigenvalue weighted by Crippen LogP contribution is -2.59. The van der Waals surface area contributed by atoms with Crippen LogP contribution in [-0.2, 0) is 9.47 Å². The van der Waals surface area contributed by atoms with Crippen molar-refractivity contribution >= 4 is 22.5 Å². The van der Waals surface area contributed by atoms with Crippen LogP contribution in [0.2, 0.25) is 0 Å². The summed E-state index contributed by atoms with van der Waals surface area (Å²) in [6.45, 7) is 11.0. The second-order valence-electron chi connectivity index (χ2n) is 15.7. The zero-order chi connectivity index (χ0) is 38.1. The van der Waals surface area contributed by atoms with Gasteiger partial charge in [-0.05, 0) is 105 Å². The van der Waals surface area contributed by atoms with Crippen molar-refractivity contribution < 1.29 is 38.8 Å². The summed E-state index contributed by atoms with van der Waals surface area (Å²) in [6.07, 6.45) is 0.650. The summed E-state index contributed by atoms with van der Waals surface area (Å²) in [4.78, 5) is 47.3. The van der Waals surface area contributed by atoms with Crippen LogP contribution in [0.15, 0.2) is 39.6 Å². The van der Waals surface area contributed by atoms with Crippen LogP contribution in [0.1, 0.15) is 126 Å². The summed E-state index contributed by atoms with van der Waals surface area (Å²) in [5.41, 5.74) is -0.0633. The Balaban J connectivity index is 1.63. The van der Waals surface area contributed by atoms with Gasteiger partial charge in [-0.3, -0.25) is 14.4 Å². The van der Waals surface area contributed by atoms with Crippen molar-refractivity contribution in [3.63, 3.8) is 0 Å². The zero-order valence-electron chi connectivity index (χ0n) is 31.8. The molecule has 11 nitrogen and oxygen atoms in total. The molecular formula is C41H52N2O9. The molecule has 52 heavy (non-hydrogen) atoms. The number of phenols is 1. The number of aryl methyl sites for hydroxylation is 1. The summed E-state index contributed by atoms with van der Waals surface area (Å²) in [5, 5.41) is 34.7. The van der Waals surface area contributed by atoms with Crippen molar-refractivity contribution in [2.24, 2.45) is 0 Å². The molecule has 0 bridgehead atoms. The number of hydrogen-bond acceptors (Lipinski definition) is 11. The number of carbonyl (C=O) groups excluding carboxylic acids is 2. The number of carbonyl (C=O) groups is 2. The van der Waals surface area contributed by atoms with E-state index in [2.05, 4.69) is 0 Å². The van der Waals surface area contributed by atoms with Crippen molar-refractivity contribution in [3.8, 4) is 5.75 Å². The minimum Gasteiger partial charge on any atom is -0.507 e. The number of benzene rings is 2. The number of nitrogens with zero attached hydrogens (tertiary/aromatic N) is 2. The van der Waals surface area contributed by atoms with Crippen molar-refractivity contribution in [2.45, 2.75) is 115 Å². The van der Waals surface area contributed by atoms with Gasteiger partial charge in [-0.15, -0.1) is 0 Å². The maximum absolute atomic E-state index is 15.0. The van der Waals surface area contributed by atoms with Gasteiger partial charge in [-0.2, -0.15) is 0 Å². The Bertz CT molecular complexity index is 2020. The lowest BCUT2D eigenvalue weighted by atomic mass is 9.74. The molecular weight excluding hydrogens is 664 g/mol. The van der Waals surface area contributed by atoms with Gasteiger partial charge in [0.05, 0.1) is 53.1 Å². The van der Waals surface area contributed by atoms with Crippen molar-refractivity contribution in [1.29, 1.82) is 0 Å². The average molecular weight is 717 g/mol. The first-order valence-electron chi connectivity index (χ1n) is 18.1. The van der Waals surface area contributed by atoms with Crippen LogP contribution in [0, 0.1) is 6.92 Å². The van der Waals surface area contributed by atoms with Crippen LogP contribution >= 0.6 is 0 Å². The molecule has 2 saturated heterocycles. The number of ketones is 2. The Morgan fingerprint density at radius 1 is 0.942 bits per heavy atom. The second kappa shape index (κ2) is 13.9. The number of allylic oxidation sites excluding steroid dienone is 2. The van der Waals surface area contributed by atoms with E-state index in [0.29, 0.717) is 29.7 Å². The second-order valence-corrected chi connectivity index (χ2v) is 15.7. The molecule has 3 N–H and O–H groups in total. The van der Waals surface area contributed by atoms with Gasteiger partial charge >= 0.3 is 0 Å². The van der Waals surface area contributed by atoms with Gasteiger partial charge in [0, 0.05) is 40.3 Å². The molecule has 2 aromatic carbocycles. The number of rotatable bonds is 7. The van der Waals surface area contributed by atoms with E-state index in [0.717, 1.165) is 0 Å². The molecule has 0 unspecified atom stereocenters. The highest BCUT2D eigenvalue weighted by Crippen LogP contribution is 2.49. The van der Waals surface area contributed by atoms with Crippen LogP contribution in [-0.4, -0.2) is 101 Å². The summed E-state index contributed by atoms with van der Waals surface area (Å²) >= 11 is 0. The SMILES string of the molecule is C/C=C/C[C@H](C)c1cc(=O)c2c(C)cc3c(c2o1)C(=O)c1c(O)c([C@@H]2C[C@@](C)(N(C)C)[C@@H](O)[C@H](C)O2)cc([C@@H]2C[C@H](N(C)C)[C@@H](O)[C@H](C)O2)c1C3=O. The molecule has 2 aliphatic heterocycles. The fraction of sp³-hybridized carbons (Fsp3) is 0.537. The number of aromatic hydroxyl groups is 1. The van der Waals surface area contributed by atoms with Gasteiger partial charge in [0.1, 0.15) is 17.1 Å². The number of phenolic OH excluding ortho intramolecular Hbond substituents is 1. The van der Waals surface area contributed by atoms with E-state index in [1.165, 1.54) is 6.07 Å². The highest BCUT2D eigenvalue weighted by molar-refractivity contribution is 6.33. The van der Waals surface area contributed by atoms with E-state index in [1.54, 1.807) is 32.9 Å². The molecule has 1 aromatic heterocycles. The Hall–Kier alpha value is -3.71. The molecule has 0 spiro atoms. The summed E-state index contributed by atoms with van der Waals surface area (Å²) in [7, 11) is 7.47. The topological polar surface area (TPSA) is 150 Å². The molecule has 2 fully saturated rings. The van der Waals surface area contributed by atoms with E-state index in [4.69, 9.17) is 13.9 Å². The first-order chi connectivity index (χ1) is 24.4. The summed E-state index contributed by atoms with van der Waals surface area (Å²) in [5.74, 6) is -1.35. The standard InChI is InChI=1S/C41H52N2O9/c1-11-12-13-19(2)28-17-27(44)31-20(3)14-25-33(39(31)52-28)38(48)34-32(37(25)47)23(29-16-26(42(7)8)35(45)21(4)50-29)15-24(36(34)46)30-18-41(6,43(9)10)40(49)22(5)51-30/h11-12,14-15,17,19,21-22,26,29-30,35,40,45-46,49H,13,16,18H2,1-10H3/b12-11+/t19-,21-,22-,26-,29-,30-,35-,40-,41+/m0/s1. The number of ether oxygens (including phenoxy) is 2. The summed E-state index contributed by atoms with van der Waals surface area (Å²) in [6, 6.07) is 4.38. The molecule has 0 saturated carbocycles. The van der Waals surface area contributed by atoms with E-state index in [9.17, 15) is 24.9 Å². The molecule has 280 valence electrons. The Kier molecular flexibility index (Phi) is 10.2. The van der Waals surface area contributed by atoms with Gasteiger partial charge in [0.15, 0.2) is 11.2 Å². The first-order valence-corrected chi connectivity index (χ1v) is 18.1. The normalized spacial score (nSPS) is 30.0. The van der Waals surface area contributed by atoms with Gasteiger partial charge in [-0.25, -0.2) is 0 Å². The largest absolute Gasteiger partial charge is 0.507 e. The number of aliphatic hydroxyl groups excluding tert-OH is 2. The molecule has 0 radical (unpaired) electrons. The third kappa shape index (κ3) is 6.05. The molecule has 3 heterocycles. The van der Waals surface area contributed by atoms with E-state index < -0.39 is 59.5 Å². The number of likely N-dealkylation sites (N-methyl/N-ethyl adjacent to an activating group) is 2. The maximum Gasteiger partial charge on any atom is 0.202 e. The van der Waals surface area contributed by atoms with Crippen LogP contribution in [0.25, 0.3) is 11.0 Å². The molecule has 1 aliphatic carbocycles. The minimum absolute atomic E-state index is 0.0165. The maximum atomic E-state index is 15.0. The molecule has 9 atom stereocenters. The molecule has 6 rings (SSSR count). The number of fused-ring (bicyclic) bond motifs is 4. The van der Waals surface area contributed by atoms with Crippen LogP contribution in [0.3, 0.4) is 0 Å². The third-order valence-electron chi connectivity index (χ3n) is 11.9. The summed E-state index contributed by atoms with van der Waals surface area (Å²) < 4.78 is 19.2. The van der Waals surface area contributed by atoms with Crippen molar-refractivity contribution in [3.05, 3.63) is 85.3 Å². The predicted molar refractivity (Wildman–Crippen MR) is 197 cm³/mol. The zero-order valence-corrected chi connectivity index (χ0v) is 31.8.